The van der Waals surface area contributed by atoms with Crippen LogP contribution in [-0.4, -0.2) is 0 Å². The summed E-state index contributed by atoms with van der Waals surface area (Å²) in [6.45, 7) is 11.4. The summed E-state index contributed by atoms with van der Waals surface area (Å²) in [5.41, 5.74) is 4.42. The Bertz CT molecular complexity index is 801. The van der Waals surface area contributed by atoms with Crippen LogP contribution < -0.4 is 0 Å². The lowest BCUT2D eigenvalue weighted by Crippen LogP contribution is -2.12. The largest absolute Gasteiger partial charge is 0.0616 e. The Balaban J connectivity index is 2.60. The highest BCUT2D eigenvalue weighted by molar-refractivity contribution is 6.06. The topological polar surface area (TPSA) is 0 Å². The highest BCUT2D eigenvalue weighted by Crippen LogP contribution is 2.37. The maximum absolute atomic E-state index is 2.30. The summed E-state index contributed by atoms with van der Waals surface area (Å²) in [6, 6.07) is 15.5. The van der Waals surface area contributed by atoms with E-state index >= 15 is 0 Å². The quantitative estimate of drug-likeness (QED) is 0.442. The van der Waals surface area contributed by atoms with Gasteiger partial charge in [0.1, 0.15) is 0 Å². The molecule has 0 radical (unpaired) electrons. The van der Waals surface area contributed by atoms with Crippen LogP contribution in [0.2, 0.25) is 0 Å². The third-order valence-corrected chi connectivity index (χ3v) is 4.39. The van der Waals surface area contributed by atoms with Gasteiger partial charge in [-0.05, 0) is 57.5 Å². The van der Waals surface area contributed by atoms with Crippen molar-refractivity contribution in [3.63, 3.8) is 0 Å². The number of benzene rings is 3. The first-order valence-corrected chi connectivity index (χ1v) is 7.32. The molecule has 0 bridgehead atoms. The second-order valence-electron chi connectivity index (χ2n) is 6.77. The molecule has 3 aromatic carbocycles. The van der Waals surface area contributed by atoms with Gasteiger partial charge in [-0.2, -0.15) is 0 Å². The maximum Gasteiger partial charge on any atom is -0.0108 e. The lowest BCUT2D eigenvalue weighted by atomic mass is 9.80. The molecule has 0 amide bonds. The normalized spacial score (nSPS) is 12.2. The molecule has 0 nitrogen and oxygen atoms in total. The van der Waals surface area contributed by atoms with Crippen LogP contribution in [0.15, 0.2) is 42.5 Å². The zero-order valence-corrected chi connectivity index (χ0v) is 13.0. The van der Waals surface area contributed by atoms with Gasteiger partial charge in [-0.15, -0.1) is 0 Å². The van der Waals surface area contributed by atoms with Crippen LogP contribution in [0.4, 0.5) is 0 Å². The van der Waals surface area contributed by atoms with Gasteiger partial charge in [0.25, 0.3) is 0 Å². The van der Waals surface area contributed by atoms with E-state index in [1.165, 1.54) is 38.2 Å². The summed E-state index contributed by atoms with van der Waals surface area (Å²) >= 11 is 0. The molecular weight excluding hydrogens is 240 g/mol. The van der Waals surface area contributed by atoms with Crippen LogP contribution in [0.5, 0.6) is 0 Å². The van der Waals surface area contributed by atoms with Gasteiger partial charge in [-0.25, -0.2) is 0 Å². The molecule has 0 aliphatic rings. The Kier molecular flexibility index (Phi) is 2.86. The molecule has 0 N–H and O–H groups in total. The van der Waals surface area contributed by atoms with E-state index < -0.39 is 0 Å². The molecule has 0 spiro atoms. The monoisotopic (exact) mass is 262 g/mol. The molecule has 20 heavy (non-hydrogen) atoms. The van der Waals surface area contributed by atoms with Crippen molar-refractivity contribution in [2.75, 3.05) is 0 Å². The van der Waals surface area contributed by atoms with E-state index in [9.17, 15) is 0 Å². The van der Waals surface area contributed by atoms with Crippen LogP contribution in [0.1, 0.15) is 37.5 Å². The molecule has 3 rings (SSSR count). The minimum absolute atomic E-state index is 0.166. The van der Waals surface area contributed by atoms with Crippen LogP contribution in [-0.2, 0) is 5.41 Å². The first kappa shape index (κ1) is 13.2. The summed E-state index contributed by atoms with van der Waals surface area (Å²) in [5, 5.41) is 5.60. The second-order valence-corrected chi connectivity index (χ2v) is 6.77. The molecule has 0 saturated heterocycles. The Morgan fingerprint density at radius 2 is 1.20 bits per heavy atom. The van der Waals surface area contributed by atoms with E-state index in [1.54, 1.807) is 0 Å². The molecule has 0 saturated carbocycles. The standard InChI is InChI=1S/C20H22/c1-13-15-9-6-7-10-16(15)14(2)19-17(13)11-8-12-18(19)20(3,4)5/h6-12H,1-5H3. The molecule has 0 heterocycles. The molecule has 0 aliphatic heterocycles. The Morgan fingerprint density at radius 1 is 0.650 bits per heavy atom. The lowest BCUT2D eigenvalue weighted by Gasteiger charge is -2.24. The van der Waals surface area contributed by atoms with E-state index in [4.69, 9.17) is 0 Å². The summed E-state index contributed by atoms with van der Waals surface area (Å²) in [7, 11) is 0. The Morgan fingerprint density at radius 3 is 1.80 bits per heavy atom. The van der Waals surface area contributed by atoms with Gasteiger partial charge in [-0.3, -0.25) is 0 Å². The molecular formula is C20H22. The summed E-state index contributed by atoms with van der Waals surface area (Å²) in [4.78, 5) is 0. The fourth-order valence-electron chi connectivity index (χ4n) is 3.31. The van der Waals surface area contributed by atoms with Gasteiger partial charge in [0.15, 0.2) is 0 Å². The zero-order valence-electron chi connectivity index (χ0n) is 13.0. The van der Waals surface area contributed by atoms with E-state index in [0.717, 1.165) is 0 Å². The van der Waals surface area contributed by atoms with Crippen molar-refractivity contribution in [1.29, 1.82) is 0 Å². The SMILES string of the molecule is Cc1c2ccccc2c(C)c2c(C(C)(C)C)cccc12. The van der Waals surface area contributed by atoms with E-state index in [-0.39, 0.29) is 5.41 Å². The average Bonchev–Trinajstić information content (AvgIpc) is 2.43. The molecule has 0 aliphatic carbocycles. The molecule has 0 fully saturated rings. The number of fused-ring (bicyclic) bond motifs is 2. The predicted molar refractivity (Wildman–Crippen MR) is 89.6 cm³/mol. The highest BCUT2D eigenvalue weighted by atomic mass is 14.2. The maximum atomic E-state index is 2.30. The number of aryl methyl sites for hydroxylation is 2. The number of hydrogen-bond donors (Lipinski definition) is 0. The fourth-order valence-corrected chi connectivity index (χ4v) is 3.31. The van der Waals surface area contributed by atoms with Gasteiger partial charge in [0.05, 0.1) is 0 Å². The van der Waals surface area contributed by atoms with Crippen molar-refractivity contribution in [2.45, 2.75) is 40.0 Å². The van der Waals surface area contributed by atoms with Gasteiger partial charge in [0, 0.05) is 0 Å². The van der Waals surface area contributed by atoms with Crippen molar-refractivity contribution >= 4 is 21.5 Å². The summed E-state index contributed by atoms with van der Waals surface area (Å²) in [6.07, 6.45) is 0. The zero-order chi connectivity index (χ0) is 14.5. The van der Waals surface area contributed by atoms with Crippen molar-refractivity contribution in [3.05, 3.63) is 59.2 Å². The Labute approximate surface area is 121 Å². The number of hydrogen-bond acceptors (Lipinski definition) is 0. The van der Waals surface area contributed by atoms with Crippen LogP contribution in [0.25, 0.3) is 21.5 Å². The van der Waals surface area contributed by atoms with Crippen LogP contribution in [0, 0.1) is 13.8 Å². The first-order valence-electron chi connectivity index (χ1n) is 7.32. The summed E-state index contributed by atoms with van der Waals surface area (Å²) < 4.78 is 0. The smallest absolute Gasteiger partial charge is 0.0108 e. The minimum atomic E-state index is 0.166. The van der Waals surface area contributed by atoms with Crippen molar-refractivity contribution in [3.8, 4) is 0 Å². The fraction of sp³-hybridized carbons (Fsp3) is 0.300. The third-order valence-electron chi connectivity index (χ3n) is 4.39. The summed E-state index contributed by atoms with van der Waals surface area (Å²) in [5.74, 6) is 0. The predicted octanol–water partition coefficient (Wildman–Crippen LogP) is 5.91. The van der Waals surface area contributed by atoms with Crippen molar-refractivity contribution in [2.24, 2.45) is 0 Å². The molecule has 0 atom stereocenters. The average molecular weight is 262 g/mol. The van der Waals surface area contributed by atoms with Crippen molar-refractivity contribution in [1.82, 2.24) is 0 Å². The van der Waals surface area contributed by atoms with Crippen molar-refractivity contribution < 1.29 is 0 Å². The van der Waals surface area contributed by atoms with Crippen LogP contribution >= 0.6 is 0 Å². The van der Waals surface area contributed by atoms with E-state index in [1.807, 2.05) is 0 Å². The van der Waals surface area contributed by atoms with Gasteiger partial charge < -0.3 is 0 Å². The van der Waals surface area contributed by atoms with E-state index in [0.29, 0.717) is 0 Å². The lowest BCUT2D eigenvalue weighted by molar-refractivity contribution is 0.596. The highest BCUT2D eigenvalue weighted by Gasteiger charge is 2.19. The van der Waals surface area contributed by atoms with Gasteiger partial charge in [-0.1, -0.05) is 63.2 Å². The van der Waals surface area contributed by atoms with E-state index in [2.05, 4.69) is 77.1 Å². The Hall–Kier alpha value is -1.82. The third kappa shape index (κ3) is 1.83. The molecule has 3 aromatic rings. The number of rotatable bonds is 0. The first-order chi connectivity index (χ1) is 9.41. The molecule has 0 heteroatoms. The van der Waals surface area contributed by atoms with Gasteiger partial charge in [0.2, 0.25) is 0 Å². The molecule has 102 valence electrons. The minimum Gasteiger partial charge on any atom is -0.0616 e. The van der Waals surface area contributed by atoms with Crippen LogP contribution in [0.3, 0.4) is 0 Å². The van der Waals surface area contributed by atoms with Gasteiger partial charge >= 0.3 is 0 Å². The molecule has 0 aromatic heterocycles. The second kappa shape index (κ2) is 4.34. The molecule has 0 unspecified atom stereocenters.